The van der Waals surface area contributed by atoms with Gasteiger partial charge in [-0.1, -0.05) is 57.0 Å². The van der Waals surface area contributed by atoms with Crippen LogP contribution in [0, 0.1) is 0 Å². The number of fused-ring (bicyclic) bond motifs is 1. The summed E-state index contributed by atoms with van der Waals surface area (Å²) in [4.78, 5) is 0. The minimum absolute atomic E-state index is 0.0165. The molecule has 0 aliphatic carbocycles. The van der Waals surface area contributed by atoms with Crippen molar-refractivity contribution >= 4 is 23.6 Å². The van der Waals surface area contributed by atoms with E-state index < -0.39 is 53.9 Å². The van der Waals surface area contributed by atoms with E-state index in [1.807, 2.05) is 48.5 Å². The molecule has 1 saturated heterocycles. The first-order valence-corrected chi connectivity index (χ1v) is 9.33. The molecule has 3 aromatic rings. The van der Waals surface area contributed by atoms with Gasteiger partial charge in [-0.05, 0) is 56.4 Å². The van der Waals surface area contributed by atoms with Crippen molar-refractivity contribution in [3.63, 3.8) is 0 Å². The molecule has 146 valence electrons. The summed E-state index contributed by atoms with van der Waals surface area (Å²) < 4.78 is 86.9. The molecule has 1 aliphatic heterocycles. The fraction of sp³-hybridized carbons (Fsp3) is 0.417. The lowest BCUT2D eigenvalue weighted by Gasteiger charge is -2.32. The standard InChI is InChI=1S/C24H29BO3/c1-22(2,3)21-15-18-9-8-17(14-20(18)26-21)16-10-12-19(13-11-16)25-27-23(4,5)24(6,7)28-25/h8-15H,1-7H3/i8D,9D,10D,11D,12D,13D,14D,15D. The van der Waals surface area contributed by atoms with Crippen LogP contribution in [0.15, 0.2) is 52.8 Å². The van der Waals surface area contributed by atoms with Crippen molar-refractivity contribution in [3.05, 3.63) is 54.1 Å². The molecule has 0 unspecified atom stereocenters. The zero-order valence-corrected chi connectivity index (χ0v) is 17.3. The lowest BCUT2D eigenvalue weighted by Crippen LogP contribution is -2.41. The van der Waals surface area contributed by atoms with E-state index in [4.69, 9.17) is 24.7 Å². The minimum atomic E-state index is -1.14. The average Bonchev–Trinajstić information content (AvgIpc) is 3.20. The average molecular weight is 384 g/mol. The van der Waals surface area contributed by atoms with Gasteiger partial charge in [0.2, 0.25) is 0 Å². The zero-order chi connectivity index (χ0) is 27.3. The molecule has 2 aromatic carbocycles. The van der Waals surface area contributed by atoms with Crippen molar-refractivity contribution in [2.24, 2.45) is 0 Å². The molecular formula is C24H29BO3. The van der Waals surface area contributed by atoms with Crippen LogP contribution >= 0.6 is 0 Å². The van der Waals surface area contributed by atoms with Crippen LogP contribution in [0.1, 0.15) is 65.2 Å². The number of benzene rings is 2. The van der Waals surface area contributed by atoms with Gasteiger partial charge in [-0.25, -0.2) is 0 Å². The Hall–Kier alpha value is -2.04. The van der Waals surface area contributed by atoms with Gasteiger partial charge < -0.3 is 13.7 Å². The Morgan fingerprint density at radius 3 is 1.96 bits per heavy atom. The smallest absolute Gasteiger partial charge is 0.460 e. The first kappa shape index (κ1) is 11.8. The van der Waals surface area contributed by atoms with Crippen molar-refractivity contribution in [2.45, 2.75) is 65.1 Å². The van der Waals surface area contributed by atoms with Crippen LogP contribution in [0.2, 0.25) is 0 Å². The number of rotatable bonds is 2. The molecule has 0 spiro atoms. The van der Waals surface area contributed by atoms with Gasteiger partial charge in [-0.15, -0.1) is 0 Å². The molecular weight excluding hydrogens is 347 g/mol. The third kappa shape index (κ3) is 3.29. The van der Waals surface area contributed by atoms with E-state index in [0.29, 0.717) is 0 Å². The summed E-state index contributed by atoms with van der Waals surface area (Å²) in [5.74, 6) is 0.256. The van der Waals surface area contributed by atoms with Crippen LogP contribution in [0.3, 0.4) is 0 Å². The van der Waals surface area contributed by atoms with Crippen molar-refractivity contribution in [1.29, 1.82) is 0 Å². The lowest BCUT2D eigenvalue weighted by atomic mass is 9.78. The predicted octanol–water partition coefficient (Wildman–Crippen LogP) is 5.70. The first-order valence-electron chi connectivity index (χ1n) is 13.3. The third-order valence-corrected chi connectivity index (χ3v) is 5.29. The fourth-order valence-electron chi connectivity index (χ4n) is 2.79. The molecule has 0 N–H and O–H groups in total. The molecule has 4 rings (SSSR count). The molecule has 1 aliphatic rings. The summed E-state index contributed by atoms with van der Waals surface area (Å²) in [5.41, 5.74) is -2.80. The maximum atomic E-state index is 8.77. The SMILES string of the molecule is [2H]c1c([2H])c(-c2c([2H])c([2H])c3c([2H])c(C(C)(C)C)oc3c2[2H])c([2H])c([2H])c1B1OC(C)(C)C(C)(C)O1. The van der Waals surface area contributed by atoms with Crippen LogP contribution < -0.4 is 5.46 Å². The summed E-state index contributed by atoms with van der Waals surface area (Å²) in [6.07, 6.45) is 0. The maximum absolute atomic E-state index is 8.77. The van der Waals surface area contributed by atoms with Gasteiger partial charge >= 0.3 is 7.12 Å². The quantitative estimate of drug-likeness (QED) is 0.532. The van der Waals surface area contributed by atoms with E-state index >= 15 is 0 Å². The normalized spacial score (nSPS) is 22.8. The molecule has 2 heterocycles. The Bertz CT molecular complexity index is 1380. The molecule has 1 aromatic heterocycles. The van der Waals surface area contributed by atoms with Crippen LogP contribution in [-0.4, -0.2) is 18.3 Å². The number of furan rings is 1. The van der Waals surface area contributed by atoms with E-state index in [2.05, 4.69) is 0 Å². The topological polar surface area (TPSA) is 31.6 Å². The summed E-state index contributed by atoms with van der Waals surface area (Å²) in [6, 6.07) is -3.05. The summed E-state index contributed by atoms with van der Waals surface area (Å²) >= 11 is 0. The van der Waals surface area contributed by atoms with Crippen LogP contribution in [-0.2, 0) is 14.7 Å². The van der Waals surface area contributed by atoms with Crippen LogP contribution in [0.25, 0.3) is 22.1 Å². The fourth-order valence-corrected chi connectivity index (χ4v) is 2.79. The van der Waals surface area contributed by atoms with Gasteiger partial charge in [0.25, 0.3) is 0 Å². The van der Waals surface area contributed by atoms with E-state index in [9.17, 15) is 0 Å². The summed E-state index contributed by atoms with van der Waals surface area (Å²) in [7, 11) is -1.14. The highest BCUT2D eigenvalue weighted by Gasteiger charge is 2.51. The monoisotopic (exact) mass is 384 g/mol. The first-order chi connectivity index (χ1) is 16.3. The highest BCUT2D eigenvalue weighted by atomic mass is 16.7. The van der Waals surface area contributed by atoms with Crippen molar-refractivity contribution in [3.8, 4) is 11.1 Å². The third-order valence-electron chi connectivity index (χ3n) is 5.29. The lowest BCUT2D eigenvalue weighted by molar-refractivity contribution is 0.00578. The summed E-state index contributed by atoms with van der Waals surface area (Å²) in [5, 5.41) is 0.0165. The Balaban J connectivity index is 2.01. The molecule has 0 radical (unpaired) electrons. The second kappa shape index (κ2) is 6.23. The number of hydrogen-bond acceptors (Lipinski definition) is 3. The second-order valence-electron chi connectivity index (χ2n) is 9.14. The van der Waals surface area contributed by atoms with Gasteiger partial charge in [0, 0.05) is 10.8 Å². The highest BCUT2D eigenvalue weighted by molar-refractivity contribution is 6.62. The minimum Gasteiger partial charge on any atom is -0.460 e. The van der Waals surface area contributed by atoms with Crippen LogP contribution in [0.5, 0.6) is 0 Å². The second-order valence-corrected chi connectivity index (χ2v) is 9.14. The van der Waals surface area contributed by atoms with Crippen molar-refractivity contribution in [2.75, 3.05) is 0 Å². The van der Waals surface area contributed by atoms with E-state index in [-0.39, 0.29) is 51.4 Å². The van der Waals surface area contributed by atoms with Gasteiger partial charge in [-0.3, -0.25) is 0 Å². The highest BCUT2D eigenvalue weighted by Crippen LogP contribution is 2.37. The number of hydrogen-bond donors (Lipinski definition) is 0. The van der Waals surface area contributed by atoms with E-state index in [1.165, 1.54) is 0 Å². The van der Waals surface area contributed by atoms with Gasteiger partial charge in [0.15, 0.2) is 0 Å². The van der Waals surface area contributed by atoms with Gasteiger partial charge in [-0.2, -0.15) is 0 Å². The Labute approximate surface area is 179 Å². The maximum Gasteiger partial charge on any atom is 0.494 e. The summed E-state index contributed by atoms with van der Waals surface area (Å²) in [6.45, 7) is 12.8. The Kier molecular flexibility index (Phi) is 2.64. The molecule has 4 heteroatoms. The largest absolute Gasteiger partial charge is 0.494 e. The molecule has 0 amide bonds. The molecule has 3 nitrogen and oxygen atoms in total. The molecule has 0 bridgehead atoms. The predicted molar refractivity (Wildman–Crippen MR) is 116 cm³/mol. The zero-order valence-electron chi connectivity index (χ0n) is 25.3. The molecule has 1 fully saturated rings. The van der Waals surface area contributed by atoms with Crippen LogP contribution in [0.4, 0.5) is 0 Å². The van der Waals surface area contributed by atoms with Gasteiger partial charge in [0.1, 0.15) is 11.3 Å². The van der Waals surface area contributed by atoms with E-state index in [1.54, 1.807) is 0 Å². The molecule has 28 heavy (non-hydrogen) atoms. The Morgan fingerprint density at radius 2 is 1.39 bits per heavy atom. The van der Waals surface area contributed by atoms with Gasteiger partial charge in [0.05, 0.1) is 22.2 Å². The molecule has 0 saturated carbocycles. The Morgan fingerprint density at radius 1 is 0.821 bits per heavy atom. The van der Waals surface area contributed by atoms with Crippen molar-refractivity contribution in [1.82, 2.24) is 0 Å². The van der Waals surface area contributed by atoms with E-state index in [0.717, 1.165) is 0 Å². The molecule has 0 atom stereocenters. The van der Waals surface area contributed by atoms with Crippen molar-refractivity contribution < 1.29 is 24.7 Å².